The fraction of sp³-hybridized carbons (Fsp3) is 0.417. The Morgan fingerprint density at radius 1 is 1.00 bits per heavy atom. The van der Waals surface area contributed by atoms with Crippen LogP contribution in [-0.4, -0.2) is 45.3 Å². The zero-order valence-electron chi connectivity index (χ0n) is 19.4. The minimum absolute atomic E-state index is 0. The van der Waals surface area contributed by atoms with Crippen molar-refractivity contribution in [1.82, 2.24) is 16.0 Å². The lowest BCUT2D eigenvalue weighted by Gasteiger charge is -2.16. The average Bonchev–Trinajstić information content (AvgIpc) is 2.78. The van der Waals surface area contributed by atoms with Gasteiger partial charge in [-0.1, -0.05) is 24.3 Å². The fourth-order valence-corrected chi connectivity index (χ4v) is 2.97. The first kappa shape index (κ1) is 27.7. The number of benzene rings is 2. The molecule has 7 nitrogen and oxygen atoms in total. The van der Waals surface area contributed by atoms with Gasteiger partial charge in [-0.25, -0.2) is 0 Å². The molecule has 0 aromatic heterocycles. The van der Waals surface area contributed by atoms with Gasteiger partial charge < -0.3 is 25.4 Å². The Labute approximate surface area is 208 Å². The van der Waals surface area contributed by atoms with E-state index < -0.39 is 0 Å². The number of nitrogens with one attached hydrogen (secondary N) is 3. The summed E-state index contributed by atoms with van der Waals surface area (Å²) in [6.45, 7) is 9.41. The first-order valence-corrected chi connectivity index (χ1v) is 10.7. The van der Waals surface area contributed by atoms with Gasteiger partial charge in [-0.3, -0.25) is 9.79 Å². The van der Waals surface area contributed by atoms with Gasteiger partial charge in [0, 0.05) is 44.4 Å². The second-order valence-electron chi connectivity index (χ2n) is 7.00. The molecule has 3 N–H and O–H groups in total. The number of rotatable bonds is 11. The molecule has 0 radical (unpaired) electrons. The summed E-state index contributed by atoms with van der Waals surface area (Å²) >= 11 is 0. The fourth-order valence-electron chi connectivity index (χ4n) is 2.97. The van der Waals surface area contributed by atoms with Crippen LogP contribution < -0.4 is 20.7 Å². The Bertz CT molecular complexity index is 874. The summed E-state index contributed by atoms with van der Waals surface area (Å²) in [5, 5.41) is 9.43. The highest BCUT2D eigenvalue weighted by Crippen LogP contribution is 2.20. The van der Waals surface area contributed by atoms with Crippen molar-refractivity contribution < 1.29 is 14.3 Å². The molecule has 1 amide bonds. The van der Waals surface area contributed by atoms with Crippen molar-refractivity contribution in [2.75, 3.05) is 33.4 Å². The molecular formula is C24H35IN4O3. The number of nitrogens with zero attached hydrogens (tertiary/aromatic N) is 1. The van der Waals surface area contributed by atoms with Crippen LogP contribution in [0.5, 0.6) is 5.75 Å². The number of hydrogen-bond donors (Lipinski definition) is 3. The molecule has 8 heteroatoms. The average molecular weight is 554 g/mol. The molecular weight excluding hydrogens is 519 g/mol. The number of carbonyl (C=O) groups is 1. The highest BCUT2D eigenvalue weighted by atomic mass is 127. The van der Waals surface area contributed by atoms with Gasteiger partial charge >= 0.3 is 0 Å². The molecule has 0 fully saturated rings. The van der Waals surface area contributed by atoms with Crippen molar-refractivity contribution in [3.63, 3.8) is 0 Å². The van der Waals surface area contributed by atoms with Gasteiger partial charge in [-0.15, -0.1) is 24.0 Å². The molecule has 0 aliphatic heterocycles. The maximum absolute atomic E-state index is 12.0. The molecule has 2 aromatic carbocycles. The Kier molecular flexibility index (Phi) is 13.4. The Morgan fingerprint density at radius 3 is 2.50 bits per heavy atom. The molecule has 2 rings (SSSR count). The molecule has 0 saturated carbocycles. The van der Waals surface area contributed by atoms with Gasteiger partial charge in [0.25, 0.3) is 5.91 Å². The van der Waals surface area contributed by atoms with E-state index in [4.69, 9.17) is 9.47 Å². The Balaban J connectivity index is 0.00000512. The SMILES string of the molecule is CCNC(=O)c1cccc(CNC(=NC)NCc2ccc(C)cc2OCCOCC)c1.I. The summed E-state index contributed by atoms with van der Waals surface area (Å²) < 4.78 is 11.3. The van der Waals surface area contributed by atoms with E-state index in [1.54, 1.807) is 7.05 Å². The van der Waals surface area contributed by atoms with E-state index in [1.807, 2.05) is 51.1 Å². The number of aryl methyl sites for hydroxylation is 1. The number of ether oxygens (including phenoxy) is 2. The third kappa shape index (κ3) is 9.44. The van der Waals surface area contributed by atoms with Gasteiger partial charge in [0.05, 0.1) is 6.61 Å². The quantitative estimate of drug-likeness (QED) is 0.171. The lowest BCUT2D eigenvalue weighted by atomic mass is 10.1. The standard InChI is InChI=1S/C24H34N4O3.HI/c1-5-26-23(29)20-9-7-8-19(15-20)16-27-24(25-4)28-17-21-11-10-18(3)14-22(21)31-13-12-30-6-2;/h7-11,14-15H,5-6,12-13,16-17H2,1-4H3,(H,26,29)(H2,25,27,28);1H. The number of carbonyl (C=O) groups excluding carboxylic acids is 1. The molecule has 0 bridgehead atoms. The Morgan fingerprint density at radius 2 is 1.78 bits per heavy atom. The minimum Gasteiger partial charge on any atom is -0.491 e. The van der Waals surface area contributed by atoms with E-state index in [2.05, 4.69) is 33.1 Å². The third-order valence-corrected chi connectivity index (χ3v) is 4.57. The maximum Gasteiger partial charge on any atom is 0.251 e. The van der Waals surface area contributed by atoms with Crippen LogP contribution in [0.3, 0.4) is 0 Å². The molecule has 0 aliphatic carbocycles. The van der Waals surface area contributed by atoms with E-state index in [0.717, 1.165) is 22.4 Å². The van der Waals surface area contributed by atoms with Crippen LogP contribution in [0, 0.1) is 6.92 Å². The van der Waals surface area contributed by atoms with Crippen molar-refractivity contribution >= 4 is 35.8 Å². The molecule has 32 heavy (non-hydrogen) atoms. The van der Waals surface area contributed by atoms with Gasteiger partial charge in [-0.2, -0.15) is 0 Å². The third-order valence-electron chi connectivity index (χ3n) is 4.57. The number of hydrogen-bond acceptors (Lipinski definition) is 4. The second kappa shape index (κ2) is 15.5. The summed E-state index contributed by atoms with van der Waals surface area (Å²) in [4.78, 5) is 16.3. The van der Waals surface area contributed by atoms with Crippen LogP contribution in [-0.2, 0) is 17.8 Å². The van der Waals surface area contributed by atoms with E-state index in [1.165, 1.54) is 0 Å². The smallest absolute Gasteiger partial charge is 0.251 e. The summed E-state index contributed by atoms with van der Waals surface area (Å²) in [5.74, 6) is 1.45. The van der Waals surface area contributed by atoms with Crippen LogP contribution in [0.4, 0.5) is 0 Å². The second-order valence-corrected chi connectivity index (χ2v) is 7.00. The van der Waals surface area contributed by atoms with Crippen LogP contribution >= 0.6 is 24.0 Å². The minimum atomic E-state index is -0.0666. The molecule has 0 spiro atoms. The molecule has 2 aromatic rings. The monoisotopic (exact) mass is 554 g/mol. The maximum atomic E-state index is 12.0. The zero-order valence-corrected chi connectivity index (χ0v) is 21.7. The highest BCUT2D eigenvalue weighted by Gasteiger charge is 2.08. The van der Waals surface area contributed by atoms with Crippen LogP contribution in [0.2, 0.25) is 0 Å². The topological polar surface area (TPSA) is 84.0 Å². The van der Waals surface area contributed by atoms with Crippen LogP contribution in [0.15, 0.2) is 47.5 Å². The van der Waals surface area contributed by atoms with Crippen molar-refractivity contribution in [3.8, 4) is 5.75 Å². The largest absolute Gasteiger partial charge is 0.491 e. The van der Waals surface area contributed by atoms with Crippen LogP contribution in [0.25, 0.3) is 0 Å². The summed E-state index contributed by atoms with van der Waals surface area (Å²) in [7, 11) is 1.73. The number of halogens is 1. The summed E-state index contributed by atoms with van der Waals surface area (Å²) in [5.41, 5.74) is 3.84. The van der Waals surface area contributed by atoms with Crippen molar-refractivity contribution in [3.05, 3.63) is 64.7 Å². The lowest BCUT2D eigenvalue weighted by Crippen LogP contribution is -2.36. The van der Waals surface area contributed by atoms with E-state index in [-0.39, 0.29) is 29.9 Å². The van der Waals surface area contributed by atoms with E-state index in [0.29, 0.717) is 51.0 Å². The predicted octanol–water partition coefficient (Wildman–Crippen LogP) is 3.64. The zero-order chi connectivity index (χ0) is 22.5. The molecule has 0 heterocycles. The van der Waals surface area contributed by atoms with Crippen molar-refractivity contribution in [2.45, 2.75) is 33.9 Å². The summed E-state index contributed by atoms with van der Waals surface area (Å²) in [6, 6.07) is 13.7. The normalized spacial score (nSPS) is 10.8. The van der Waals surface area contributed by atoms with Crippen LogP contribution in [0.1, 0.15) is 40.9 Å². The first-order chi connectivity index (χ1) is 15.1. The molecule has 0 atom stereocenters. The summed E-state index contributed by atoms with van der Waals surface area (Å²) in [6.07, 6.45) is 0. The van der Waals surface area contributed by atoms with Gasteiger partial charge in [-0.05, 0) is 50.1 Å². The number of aliphatic imine (C=N–C) groups is 1. The van der Waals surface area contributed by atoms with E-state index >= 15 is 0 Å². The first-order valence-electron chi connectivity index (χ1n) is 10.7. The molecule has 0 unspecified atom stereocenters. The molecule has 0 aliphatic rings. The number of amides is 1. The van der Waals surface area contributed by atoms with Crippen molar-refractivity contribution in [2.24, 2.45) is 4.99 Å². The van der Waals surface area contributed by atoms with Gasteiger partial charge in [0.2, 0.25) is 0 Å². The highest BCUT2D eigenvalue weighted by molar-refractivity contribution is 14.0. The number of guanidine groups is 1. The van der Waals surface area contributed by atoms with Gasteiger partial charge in [0.15, 0.2) is 5.96 Å². The van der Waals surface area contributed by atoms with E-state index in [9.17, 15) is 4.79 Å². The molecule has 176 valence electrons. The lowest BCUT2D eigenvalue weighted by molar-refractivity contribution is 0.0955. The van der Waals surface area contributed by atoms with Crippen molar-refractivity contribution in [1.29, 1.82) is 0 Å². The van der Waals surface area contributed by atoms with Gasteiger partial charge in [0.1, 0.15) is 12.4 Å². The Hall–Kier alpha value is -2.33. The molecule has 0 saturated heterocycles. The predicted molar refractivity (Wildman–Crippen MR) is 140 cm³/mol.